The van der Waals surface area contributed by atoms with E-state index in [1.807, 2.05) is 0 Å². The molecule has 0 saturated carbocycles. The molecule has 0 aromatic carbocycles. The summed E-state index contributed by atoms with van der Waals surface area (Å²) in [6.07, 6.45) is 8.92. The van der Waals surface area contributed by atoms with Gasteiger partial charge in [0.1, 0.15) is 0 Å². The van der Waals surface area contributed by atoms with Crippen LogP contribution in [0.4, 0.5) is 0 Å². The van der Waals surface area contributed by atoms with E-state index in [-0.39, 0.29) is 22.2 Å². The molecule has 0 bridgehead atoms. The van der Waals surface area contributed by atoms with Crippen LogP contribution in [0.15, 0.2) is 24.8 Å². The largest absolute Gasteiger partial charge is 0.473 e. The van der Waals surface area contributed by atoms with Crippen LogP contribution in [0.5, 0.6) is 0 Å². The van der Waals surface area contributed by atoms with Gasteiger partial charge >= 0.3 is 18.7 Å². The first kappa shape index (κ1) is 22.4. The van der Waals surface area contributed by atoms with Crippen molar-refractivity contribution in [3.8, 4) is 0 Å². The Morgan fingerprint density at radius 3 is 0.778 bits per heavy atom. The lowest BCUT2D eigenvalue weighted by Crippen LogP contribution is -2.66. The van der Waals surface area contributed by atoms with Crippen molar-refractivity contribution in [2.75, 3.05) is 0 Å². The molecular formula is C20H40N4OSi2. The molecule has 0 fully saturated rings. The van der Waals surface area contributed by atoms with Gasteiger partial charge in [0.05, 0.1) is 0 Å². The van der Waals surface area contributed by atoms with Crippen molar-refractivity contribution >= 4 is 18.7 Å². The highest BCUT2D eigenvalue weighted by Crippen LogP contribution is 2.34. The van der Waals surface area contributed by atoms with Crippen molar-refractivity contribution in [2.24, 2.45) is 0 Å². The van der Waals surface area contributed by atoms with Crippen LogP contribution in [0.25, 0.3) is 0 Å². The maximum absolute atomic E-state index is 7.11. The van der Waals surface area contributed by atoms with Gasteiger partial charge in [-0.05, 0) is 83.1 Å². The zero-order valence-corrected chi connectivity index (χ0v) is 21.5. The zero-order valence-electron chi connectivity index (χ0n) is 19.5. The van der Waals surface area contributed by atoms with Crippen LogP contribution in [0.1, 0.15) is 83.1 Å². The van der Waals surface area contributed by atoms with Crippen LogP contribution in [0, 0.1) is 0 Å². The Morgan fingerprint density at radius 1 is 0.444 bits per heavy atom. The summed E-state index contributed by atoms with van der Waals surface area (Å²) in [5.74, 6) is 0. The maximum atomic E-state index is 7.11. The number of nitrogens with zero attached hydrogens (tertiary/aromatic N) is 4. The lowest BCUT2D eigenvalue weighted by Gasteiger charge is -2.47. The van der Waals surface area contributed by atoms with Crippen molar-refractivity contribution in [1.29, 1.82) is 0 Å². The third-order valence-corrected chi connectivity index (χ3v) is 11.0. The van der Waals surface area contributed by atoms with E-state index in [0.717, 1.165) is 0 Å². The monoisotopic (exact) mass is 408 g/mol. The second kappa shape index (κ2) is 6.85. The normalized spacial score (nSPS) is 20.6. The first-order valence-electron chi connectivity index (χ1n) is 9.90. The topological polar surface area (TPSA) is 22.2 Å². The van der Waals surface area contributed by atoms with E-state index in [0.29, 0.717) is 0 Å². The summed E-state index contributed by atoms with van der Waals surface area (Å²) in [7, 11) is -2.79. The Kier molecular flexibility index (Phi) is 5.67. The highest BCUT2D eigenvalue weighted by atomic mass is 28.4. The van der Waals surface area contributed by atoms with Crippen molar-refractivity contribution < 1.29 is 4.12 Å². The van der Waals surface area contributed by atoms with Gasteiger partial charge < -0.3 is 22.4 Å². The highest BCUT2D eigenvalue weighted by molar-refractivity contribution is 6.62. The summed E-state index contributed by atoms with van der Waals surface area (Å²) >= 11 is 0. The van der Waals surface area contributed by atoms with Gasteiger partial charge in [-0.15, -0.1) is 0 Å². The lowest BCUT2D eigenvalue weighted by molar-refractivity contribution is 0.191. The predicted octanol–water partition coefficient (Wildman–Crippen LogP) is 4.34. The Hall–Kier alpha value is -0.926. The van der Waals surface area contributed by atoms with Gasteiger partial charge in [0.15, 0.2) is 0 Å². The molecule has 154 valence electrons. The van der Waals surface area contributed by atoms with Gasteiger partial charge in [0.25, 0.3) is 0 Å². The molecule has 2 aliphatic heterocycles. The van der Waals surface area contributed by atoms with Crippen LogP contribution < -0.4 is 0 Å². The number of rotatable bonds is 2. The van der Waals surface area contributed by atoms with Crippen molar-refractivity contribution in [3.63, 3.8) is 0 Å². The molecule has 0 unspecified atom stereocenters. The van der Waals surface area contributed by atoms with E-state index in [1.165, 1.54) is 0 Å². The summed E-state index contributed by atoms with van der Waals surface area (Å²) < 4.78 is 16.9. The quantitative estimate of drug-likeness (QED) is 0.632. The van der Waals surface area contributed by atoms with Crippen LogP contribution in [-0.4, -0.2) is 59.1 Å². The van der Waals surface area contributed by atoms with E-state index >= 15 is 0 Å². The molecule has 2 rings (SSSR count). The number of hydrogen-bond acceptors (Lipinski definition) is 5. The smallest absolute Gasteiger partial charge is 0.388 e. The van der Waals surface area contributed by atoms with Crippen molar-refractivity contribution in [2.45, 2.75) is 105 Å². The third-order valence-electron chi connectivity index (χ3n) is 4.63. The van der Waals surface area contributed by atoms with Gasteiger partial charge in [-0.25, -0.2) is 0 Å². The molecule has 2 aliphatic rings. The van der Waals surface area contributed by atoms with Crippen molar-refractivity contribution in [1.82, 2.24) is 18.3 Å². The fraction of sp³-hybridized carbons (Fsp3) is 0.800. The molecule has 2 heterocycles. The van der Waals surface area contributed by atoms with E-state index in [2.05, 4.69) is 126 Å². The Labute approximate surface area is 171 Å². The lowest BCUT2D eigenvalue weighted by atomic mass is 10.1. The second-order valence-electron chi connectivity index (χ2n) is 11.4. The molecule has 0 aromatic rings. The summed E-state index contributed by atoms with van der Waals surface area (Å²) in [5.41, 5.74) is 0.105. The summed E-state index contributed by atoms with van der Waals surface area (Å²) in [5, 5.41) is 0. The summed E-state index contributed by atoms with van der Waals surface area (Å²) in [6.45, 7) is 27.2. The van der Waals surface area contributed by atoms with E-state index < -0.39 is 18.7 Å². The molecular weight excluding hydrogens is 368 g/mol. The van der Waals surface area contributed by atoms with Crippen LogP contribution in [0.3, 0.4) is 0 Å². The van der Waals surface area contributed by atoms with E-state index in [4.69, 9.17) is 4.12 Å². The molecule has 0 saturated heterocycles. The van der Waals surface area contributed by atoms with E-state index in [1.54, 1.807) is 0 Å². The van der Waals surface area contributed by atoms with Gasteiger partial charge in [-0.3, -0.25) is 0 Å². The second-order valence-corrected chi connectivity index (χ2v) is 15.3. The molecule has 0 atom stereocenters. The molecule has 5 nitrogen and oxygen atoms in total. The van der Waals surface area contributed by atoms with Gasteiger partial charge in [-0.2, -0.15) is 0 Å². The first-order chi connectivity index (χ1) is 11.9. The minimum Gasteiger partial charge on any atom is -0.388 e. The Balaban J connectivity index is 2.40. The minimum atomic E-state index is -1.39. The molecule has 0 aromatic heterocycles. The fourth-order valence-corrected chi connectivity index (χ4v) is 8.84. The summed E-state index contributed by atoms with van der Waals surface area (Å²) in [4.78, 5) is 0. The average Bonchev–Trinajstić information content (AvgIpc) is 2.99. The molecule has 0 N–H and O–H groups in total. The molecule has 0 aliphatic carbocycles. The van der Waals surface area contributed by atoms with Crippen LogP contribution in [-0.2, 0) is 4.12 Å². The maximum Gasteiger partial charge on any atom is 0.473 e. The third kappa shape index (κ3) is 4.74. The minimum absolute atomic E-state index is 0.0262. The predicted molar refractivity (Wildman–Crippen MR) is 117 cm³/mol. The zero-order chi connectivity index (χ0) is 21.0. The number of hydrogen-bond donors (Lipinski definition) is 0. The SMILES string of the molecule is CC(C)(C)N1C=CN(C(C)(C)C)[Si]1O[Si]1N(C(C)(C)C)C=CN1C(C)(C)C. The first-order valence-corrected chi connectivity index (χ1v) is 12.5. The van der Waals surface area contributed by atoms with Crippen LogP contribution >= 0.6 is 0 Å². The highest BCUT2D eigenvalue weighted by Gasteiger charge is 2.51. The van der Waals surface area contributed by atoms with Gasteiger partial charge in [-0.1, -0.05) is 0 Å². The standard InChI is InChI=1S/C20H40N4OSi2/c1-17(2,3)21-13-14-22(18(4,5)6)26(21)25-27-23(19(7,8)9)15-16-24(27)20(10,11)12/h13-16H,1-12H3. The Morgan fingerprint density at radius 2 is 0.630 bits per heavy atom. The van der Waals surface area contributed by atoms with Gasteiger partial charge in [0, 0.05) is 47.0 Å². The molecule has 2 radical (unpaired) electrons. The molecule has 7 heteroatoms. The van der Waals surface area contributed by atoms with Crippen LogP contribution in [0.2, 0.25) is 0 Å². The Bertz CT molecular complexity index is 493. The van der Waals surface area contributed by atoms with Crippen molar-refractivity contribution in [3.05, 3.63) is 24.8 Å². The fourth-order valence-electron chi connectivity index (χ4n) is 3.07. The summed E-state index contributed by atoms with van der Waals surface area (Å²) in [6, 6.07) is 0. The van der Waals surface area contributed by atoms with Gasteiger partial charge in [0.2, 0.25) is 0 Å². The average molecular weight is 409 g/mol. The molecule has 27 heavy (non-hydrogen) atoms. The van der Waals surface area contributed by atoms with E-state index in [9.17, 15) is 0 Å². The molecule has 0 amide bonds. The molecule has 0 spiro atoms.